The molecule has 1 aromatic heterocycles. The van der Waals surface area contributed by atoms with Crippen LogP contribution in [0, 0.1) is 0 Å². The van der Waals surface area contributed by atoms with E-state index < -0.39 is 0 Å². The molecule has 0 atom stereocenters. The molecule has 29 heavy (non-hydrogen) atoms. The van der Waals surface area contributed by atoms with E-state index in [1.54, 1.807) is 0 Å². The molecule has 0 unspecified atom stereocenters. The minimum Gasteiger partial charge on any atom is -0.493 e. The summed E-state index contributed by atoms with van der Waals surface area (Å²) >= 11 is 0. The molecule has 1 heterocycles. The van der Waals surface area contributed by atoms with Crippen LogP contribution in [0.5, 0.6) is 11.5 Å². The van der Waals surface area contributed by atoms with Crippen molar-refractivity contribution in [2.24, 2.45) is 16.8 Å². The van der Waals surface area contributed by atoms with Crippen molar-refractivity contribution in [3.63, 3.8) is 0 Å². The summed E-state index contributed by atoms with van der Waals surface area (Å²) in [5, 5.41) is 3.48. The standard InChI is InChI=1S/C22H24N5O2/c23-26-22(27-24)10-5-13-28-20-8-4-9-21(14-20)29-16-19-12-11-18(15-25-19)17-6-2-1-3-7-17/h1-4,6-9,11-12,14-15H,5,10,13,16,23-24H2/q-1. The SMILES string of the molecule is NN=C(CCCOc1cccc(OCc2ccc(-c3ccccc3)cn2)c1)[N-]N. The van der Waals surface area contributed by atoms with Crippen molar-refractivity contribution in [1.29, 1.82) is 0 Å². The number of hydrazone groups is 1. The first-order valence-electron chi connectivity index (χ1n) is 9.32. The van der Waals surface area contributed by atoms with Crippen molar-refractivity contribution in [2.75, 3.05) is 6.61 Å². The maximum atomic E-state index is 5.85. The quantitative estimate of drug-likeness (QED) is 0.189. The molecule has 150 valence electrons. The van der Waals surface area contributed by atoms with Crippen LogP contribution < -0.4 is 21.2 Å². The second-order valence-corrected chi connectivity index (χ2v) is 6.29. The van der Waals surface area contributed by atoms with E-state index in [1.807, 2.05) is 60.8 Å². The summed E-state index contributed by atoms with van der Waals surface area (Å²) in [6.07, 6.45) is 3.13. The normalized spacial score (nSPS) is 11.1. The van der Waals surface area contributed by atoms with Gasteiger partial charge in [0.2, 0.25) is 0 Å². The predicted molar refractivity (Wildman–Crippen MR) is 114 cm³/mol. The number of amidine groups is 1. The first-order valence-corrected chi connectivity index (χ1v) is 9.32. The molecule has 3 rings (SSSR count). The highest BCUT2D eigenvalue weighted by Crippen LogP contribution is 2.21. The number of aromatic nitrogens is 1. The lowest BCUT2D eigenvalue weighted by atomic mass is 10.1. The lowest BCUT2D eigenvalue weighted by molar-refractivity contribution is 0.290. The van der Waals surface area contributed by atoms with Crippen LogP contribution in [0.15, 0.2) is 78.0 Å². The fourth-order valence-corrected chi connectivity index (χ4v) is 2.71. The molecule has 0 radical (unpaired) electrons. The van der Waals surface area contributed by atoms with Crippen LogP contribution in [0.2, 0.25) is 0 Å². The summed E-state index contributed by atoms with van der Waals surface area (Å²) in [6, 6.07) is 21.7. The van der Waals surface area contributed by atoms with E-state index >= 15 is 0 Å². The van der Waals surface area contributed by atoms with Gasteiger partial charge in [-0.3, -0.25) is 4.98 Å². The van der Waals surface area contributed by atoms with Gasteiger partial charge in [-0.2, -0.15) is 0 Å². The monoisotopic (exact) mass is 390 g/mol. The van der Waals surface area contributed by atoms with Gasteiger partial charge < -0.3 is 31.7 Å². The van der Waals surface area contributed by atoms with Gasteiger partial charge in [-0.15, -0.1) is 0 Å². The number of rotatable bonds is 9. The van der Waals surface area contributed by atoms with E-state index in [0.717, 1.165) is 28.3 Å². The second-order valence-electron chi connectivity index (χ2n) is 6.29. The van der Waals surface area contributed by atoms with Crippen LogP contribution in [0.3, 0.4) is 0 Å². The lowest BCUT2D eigenvalue weighted by Gasteiger charge is -2.13. The van der Waals surface area contributed by atoms with Crippen LogP contribution >= 0.6 is 0 Å². The Kier molecular flexibility index (Phi) is 7.42. The average molecular weight is 390 g/mol. The molecule has 2 aromatic carbocycles. The average Bonchev–Trinajstić information content (AvgIpc) is 2.79. The third kappa shape index (κ3) is 6.22. The van der Waals surface area contributed by atoms with E-state index in [-0.39, 0.29) is 0 Å². The van der Waals surface area contributed by atoms with Crippen LogP contribution in [0.25, 0.3) is 16.6 Å². The molecule has 0 saturated heterocycles. The Hall–Kier alpha value is -3.58. The van der Waals surface area contributed by atoms with Crippen molar-refractivity contribution >= 4 is 5.84 Å². The zero-order valence-electron chi connectivity index (χ0n) is 16.1. The van der Waals surface area contributed by atoms with Gasteiger partial charge in [-0.25, -0.2) is 0 Å². The van der Waals surface area contributed by atoms with Crippen molar-refractivity contribution in [3.8, 4) is 22.6 Å². The van der Waals surface area contributed by atoms with Crippen molar-refractivity contribution < 1.29 is 9.47 Å². The first kappa shape index (κ1) is 20.2. The van der Waals surface area contributed by atoms with Crippen molar-refractivity contribution in [3.05, 3.63) is 84.0 Å². The molecule has 3 aromatic rings. The molecule has 0 fully saturated rings. The Morgan fingerprint density at radius 3 is 2.41 bits per heavy atom. The number of ether oxygens (including phenoxy) is 2. The van der Waals surface area contributed by atoms with E-state index in [2.05, 4.69) is 27.6 Å². The summed E-state index contributed by atoms with van der Waals surface area (Å²) < 4.78 is 11.6. The highest BCUT2D eigenvalue weighted by Gasteiger charge is 2.02. The Labute approximate surface area is 170 Å². The zero-order chi connectivity index (χ0) is 20.3. The molecule has 7 heteroatoms. The molecule has 0 aliphatic carbocycles. The molecule has 7 nitrogen and oxygen atoms in total. The lowest BCUT2D eigenvalue weighted by Crippen LogP contribution is -2.08. The number of nitrogens with zero attached hydrogens (tertiary/aromatic N) is 3. The smallest absolute Gasteiger partial charge is 0.130 e. The van der Waals surface area contributed by atoms with Gasteiger partial charge in [0.05, 0.1) is 12.3 Å². The summed E-state index contributed by atoms with van der Waals surface area (Å²) in [5.74, 6) is 12.2. The number of hydrogen-bond donors (Lipinski definition) is 2. The molecule has 0 aliphatic heterocycles. The van der Waals surface area contributed by atoms with E-state index in [1.165, 1.54) is 0 Å². The molecule has 0 saturated carbocycles. The zero-order valence-corrected chi connectivity index (χ0v) is 16.1. The Bertz CT molecular complexity index is 914. The molecule has 0 spiro atoms. The third-order valence-corrected chi connectivity index (χ3v) is 4.24. The molecular weight excluding hydrogens is 366 g/mol. The Morgan fingerprint density at radius 2 is 1.72 bits per heavy atom. The summed E-state index contributed by atoms with van der Waals surface area (Å²) in [5.41, 5.74) is 6.56. The van der Waals surface area contributed by atoms with Crippen molar-refractivity contribution in [2.45, 2.75) is 19.4 Å². The molecular formula is C22H24N5O2-. The molecule has 4 N–H and O–H groups in total. The van der Waals surface area contributed by atoms with Gasteiger partial charge in [0.25, 0.3) is 0 Å². The maximum absolute atomic E-state index is 5.85. The van der Waals surface area contributed by atoms with Gasteiger partial charge >= 0.3 is 0 Å². The summed E-state index contributed by atoms with van der Waals surface area (Å²) in [6.45, 7) is 0.882. The number of hydrogen-bond acceptors (Lipinski definition) is 6. The van der Waals surface area contributed by atoms with Crippen LogP contribution in [0.4, 0.5) is 0 Å². The van der Waals surface area contributed by atoms with Gasteiger partial charge in [0, 0.05) is 17.8 Å². The molecule has 0 aliphatic rings. The van der Waals surface area contributed by atoms with Gasteiger partial charge in [0.15, 0.2) is 0 Å². The largest absolute Gasteiger partial charge is 0.493 e. The van der Waals surface area contributed by atoms with Gasteiger partial charge in [-0.05, 0) is 36.6 Å². The molecule has 0 bridgehead atoms. The number of benzene rings is 2. The Morgan fingerprint density at radius 1 is 0.931 bits per heavy atom. The maximum Gasteiger partial charge on any atom is 0.130 e. The molecule has 0 amide bonds. The first-order chi connectivity index (χ1) is 14.3. The van der Waals surface area contributed by atoms with Gasteiger partial charge in [-0.1, -0.05) is 48.3 Å². The number of pyridine rings is 1. The fourth-order valence-electron chi connectivity index (χ4n) is 2.71. The van der Waals surface area contributed by atoms with E-state index in [9.17, 15) is 0 Å². The van der Waals surface area contributed by atoms with E-state index in [0.29, 0.717) is 31.9 Å². The Balaban J connectivity index is 1.49. The second kappa shape index (κ2) is 10.7. The highest BCUT2D eigenvalue weighted by atomic mass is 16.5. The van der Waals surface area contributed by atoms with E-state index in [4.69, 9.17) is 21.2 Å². The minimum absolute atomic E-state index is 0.382. The van der Waals surface area contributed by atoms with Crippen LogP contribution in [-0.2, 0) is 6.61 Å². The minimum atomic E-state index is 0.382. The number of nitrogens with two attached hydrogens (primary N) is 2. The van der Waals surface area contributed by atoms with Crippen LogP contribution in [-0.4, -0.2) is 17.4 Å². The fraction of sp³-hybridized carbons (Fsp3) is 0.182. The van der Waals surface area contributed by atoms with Crippen LogP contribution in [0.1, 0.15) is 18.5 Å². The summed E-state index contributed by atoms with van der Waals surface area (Å²) in [4.78, 5) is 4.49. The summed E-state index contributed by atoms with van der Waals surface area (Å²) in [7, 11) is 0. The third-order valence-electron chi connectivity index (χ3n) is 4.24. The van der Waals surface area contributed by atoms with Gasteiger partial charge in [0.1, 0.15) is 18.1 Å². The topological polar surface area (TPSA) is 110 Å². The predicted octanol–water partition coefficient (Wildman–Crippen LogP) is 4.01. The highest BCUT2D eigenvalue weighted by molar-refractivity contribution is 5.92. The van der Waals surface area contributed by atoms with Crippen molar-refractivity contribution in [1.82, 2.24) is 4.98 Å².